The first-order chi connectivity index (χ1) is 12.6. The van der Waals surface area contributed by atoms with Crippen LogP contribution < -0.4 is 19.5 Å². The monoisotopic (exact) mass is 358 g/mol. The molecule has 1 amide bonds. The van der Waals surface area contributed by atoms with Crippen LogP contribution in [0.15, 0.2) is 17.7 Å². The van der Waals surface area contributed by atoms with Crippen LogP contribution >= 0.6 is 0 Å². The van der Waals surface area contributed by atoms with Gasteiger partial charge in [0, 0.05) is 6.04 Å². The molecule has 1 saturated carbocycles. The van der Waals surface area contributed by atoms with Crippen molar-refractivity contribution in [3.05, 3.63) is 23.3 Å². The predicted octanol–water partition coefficient (Wildman–Crippen LogP) is 3.46. The number of hydrogen-bond acceptors (Lipinski definition) is 5. The van der Waals surface area contributed by atoms with Gasteiger partial charge in [-0.1, -0.05) is 19.3 Å². The van der Waals surface area contributed by atoms with Gasteiger partial charge in [-0.2, -0.15) is 5.26 Å². The standard InChI is InChI=1S/C20H26N2O4/c1-4-26-19-17(24-2)11-14(12-18(19)25-3)10-15(13-21)20(23)22-16-8-6-5-7-9-16/h10-12,16H,4-9H2,1-3H3,(H,22,23). The lowest BCUT2D eigenvalue weighted by atomic mass is 9.95. The molecule has 1 aliphatic carbocycles. The maximum absolute atomic E-state index is 12.4. The Kier molecular flexibility index (Phi) is 7.34. The fraction of sp³-hybridized carbons (Fsp3) is 0.500. The Hall–Kier alpha value is -2.68. The third kappa shape index (κ3) is 4.92. The number of rotatable bonds is 7. The Labute approximate surface area is 154 Å². The predicted molar refractivity (Wildman–Crippen MR) is 99.3 cm³/mol. The van der Waals surface area contributed by atoms with Gasteiger partial charge in [0.05, 0.1) is 20.8 Å². The van der Waals surface area contributed by atoms with Crippen LogP contribution in [0.2, 0.25) is 0 Å². The van der Waals surface area contributed by atoms with E-state index in [9.17, 15) is 10.1 Å². The van der Waals surface area contributed by atoms with Crippen LogP contribution in [0.25, 0.3) is 6.08 Å². The van der Waals surface area contributed by atoms with Gasteiger partial charge in [-0.05, 0) is 43.5 Å². The van der Waals surface area contributed by atoms with Gasteiger partial charge < -0.3 is 19.5 Å². The van der Waals surface area contributed by atoms with Crippen molar-refractivity contribution in [2.75, 3.05) is 20.8 Å². The van der Waals surface area contributed by atoms with Crippen molar-refractivity contribution in [1.29, 1.82) is 5.26 Å². The number of carbonyl (C=O) groups is 1. The number of methoxy groups -OCH3 is 2. The fourth-order valence-corrected chi connectivity index (χ4v) is 3.10. The maximum Gasteiger partial charge on any atom is 0.262 e. The van der Waals surface area contributed by atoms with E-state index in [0.29, 0.717) is 29.4 Å². The molecule has 140 valence electrons. The largest absolute Gasteiger partial charge is 0.493 e. The highest BCUT2D eigenvalue weighted by Gasteiger charge is 2.19. The second-order valence-electron chi connectivity index (χ2n) is 6.17. The minimum absolute atomic E-state index is 0.0591. The zero-order valence-electron chi connectivity index (χ0n) is 15.6. The lowest BCUT2D eigenvalue weighted by Gasteiger charge is -2.22. The minimum Gasteiger partial charge on any atom is -0.493 e. The molecule has 2 rings (SSSR count). The Bertz CT molecular complexity index is 675. The maximum atomic E-state index is 12.4. The highest BCUT2D eigenvalue weighted by Crippen LogP contribution is 2.39. The second kappa shape index (κ2) is 9.71. The zero-order valence-corrected chi connectivity index (χ0v) is 15.6. The van der Waals surface area contributed by atoms with Crippen LogP contribution in [0.3, 0.4) is 0 Å². The molecule has 0 atom stereocenters. The molecule has 0 unspecified atom stereocenters. The van der Waals surface area contributed by atoms with Gasteiger partial charge in [0.15, 0.2) is 11.5 Å². The molecule has 26 heavy (non-hydrogen) atoms. The summed E-state index contributed by atoms with van der Waals surface area (Å²) in [6.07, 6.45) is 6.91. The smallest absolute Gasteiger partial charge is 0.262 e. The highest BCUT2D eigenvalue weighted by molar-refractivity contribution is 6.02. The summed E-state index contributed by atoms with van der Waals surface area (Å²) in [4.78, 5) is 12.4. The van der Waals surface area contributed by atoms with Crippen LogP contribution in [0, 0.1) is 11.3 Å². The van der Waals surface area contributed by atoms with E-state index in [1.165, 1.54) is 20.6 Å². The van der Waals surface area contributed by atoms with Crippen molar-refractivity contribution in [2.24, 2.45) is 0 Å². The van der Waals surface area contributed by atoms with Crippen LogP contribution in [0.1, 0.15) is 44.6 Å². The van der Waals surface area contributed by atoms with E-state index >= 15 is 0 Å². The van der Waals surface area contributed by atoms with Gasteiger partial charge in [0.25, 0.3) is 5.91 Å². The van der Waals surface area contributed by atoms with E-state index < -0.39 is 0 Å². The van der Waals surface area contributed by atoms with Crippen LogP contribution in [0.5, 0.6) is 17.2 Å². The molecular weight excluding hydrogens is 332 g/mol. The van der Waals surface area contributed by atoms with Gasteiger partial charge in [-0.25, -0.2) is 0 Å². The van der Waals surface area contributed by atoms with Crippen LogP contribution in [0.4, 0.5) is 0 Å². The van der Waals surface area contributed by atoms with E-state index in [1.54, 1.807) is 18.2 Å². The Morgan fingerprint density at radius 2 is 1.85 bits per heavy atom. The van der Waals surface area contributed by atoms with E-state index in [0.717, 1.165) is 25.7 Å². The van der Waals surface area contributed by atoms with Gasteiger partial charge in [-0.15, -0.1) is 0 Å². The molecule has 0 heterocycles. The van der Waals surface area contributed by atoms with Crippen LogP contribution in [-0.4, -0.2) is 32.8 Å². The molecule has 0 spiro atoms. The summed E-state index contributed by atoms with van der Waals surface area (Å²) in [5.41, 5.74) is 0.696. The summed E-state index contributed by atoms with van der Waals surface area (Å²) < 4.78 is 16.3. The molecular formula is C20H26N2O4. The summed E-state index contributed by atoms with van der Waals surface area (Å²) in [5, 5.41) is 12.4. The van der Waals surface area contributed by atoms with Crippen molar-refractivity contribution in [2.45, 2.75) is 45.1 Å². The number of hydrogen-bond donors (Lipinski definition) is 1. The van der Waals surface area contributed by atoms with Gasteiger partial charge >= 0.3 is 0 Å². The van der Waals surface area contributed by atoms with Gasteiger partial charge in [0.2, 0.25) is 5.75 Å². The first-order valence-electron chi connectivity index (χ1n) is 8.94. The number of ether oxygens (including phenoxy) is 3. The van der Waals surface area contributed by atoms with Crippen molar-refractivity contribution < 1.29 is 19.0 Å². The number of amides is 1. The summed E-state index contributed by atoms with van der Waals surface area (Å²) in [5.74, 6) is 1.14. The van der Waals surface area contributed by atoms with E-state index in [4.69, 9.17) is 14.2 Å². The zero-order chi connectivity index (χ0) is 18.9. The van der Waals surface area contributed by atoms with Crippen molar-refractivity contribution in [3.63, 3.8) is 0 Å². The normalized spacial score (nSPS) is 15.1. The summed E-state index contributed by atoms with van der Waals surface area (Å²) in [7, 11) is 3.07. The highest BCUT2D eigenvalue weighted by atomic mass is 16.5. The molecule has 0 aliphatic heterocycles. The Balaban J connectivity index is 2.26. The molecule has 0 saturated heterocycles. The topological polar surface area (TPSA) is 80.6 Å². The molecule has 1 aromatic rings. The van der Waals surface area contributed by atoms with Crippen molar-refractivity contribution in [1.82, 2.24) is 5.32 Å². The lowest BCUT2D eigenvalue weighted by molar-refractivity contribution is -0.117. The number of nitriles is 1. The average Bonchev–Trinajstić information content (AvgIpc) is 2.67. The number of benzene rings is 1. The van der Waals surface area contributed by atoms with Crippen molar-refractivity contribution in [3.8, 4) is 23.3 Å². The molecule has 0 bridgehead atoms. The number of nitrogens with one attached hydrogen (secondary N) is 1. The van der Waals surface area contributed by atoms with Crippen molar-refractivity contribution >= 4 is 12.0 Å². The van der Waals surface area contributed by atoms with E-state index in [2.05, 4.69) is 5.32 Å². The van der Waals surface area contributed by atoms with E-state index in [1.807, 2.05) is 13.0 Å². The molecule has 0 aromatic heterocycles. The molecule has 1 fully saturated rings. The molecule has 6 heteroatoms. The van der Waals surface area contributed by atoms with E-state index in [-0.39, 0.29) is 17.5 Å². The van der Waals surface area contributed by atoms with Crippen LogP contribution in [-0.2, 0) is 4.79 Å². The number of nitrogens with zero attached hydrogens (tertiary/aromatic N) is 1. The quantitative estimate of drug-likeness (QED) is 0.596. The SMILES string of the molecule is CCOc1c(OC)cc(C=C(C#N)C(=O)NC2CCCCC2)cc1OC. The second-order valence-corrected chi connectivity index (χ2v) is 6.17. The molecule has 0 radical (unpaired) electrons. The Morgan fingerprint density at radius 3 is 2.35 bits per heavy atom. The minimum atomic E-state index is -0.341. The average molecular weight is 358 g/mol. The molecule has 1 aromatic carbocycles. The van der Waals surface area contributed by atoms with Gasteiger partial charge in [0.1, 0.15) is 11.6 Å². The fourth-order valence-electron chi connectivity index (χ4n) is 3.10. The molecule has 6 nitrogen and oxygen atoms in total. The number of carbonyl (C=O) groups excluding carboxylic acids is 1. The lowest BCUT2D eigenvalue weighted by Crippen LogP contribution is -2.36. The molecule has 1 aliphatic rings. The first kappa shape index (κ1) is 19.6. The summed E-state index contributed by atoms with van der Waals surface area (Å²) >= 11 is 0. The Morgan fingerprint density at radius 1 is 1.23 bits per heavy atom. The first-order valence-corrected chi connectivity index (χ1v) is 8.94. The third-order valence-corrected chi connectivity index (χ3v) is 4.39. The molecule has 1 N–H and O–H groups in total. The third-order valence-electron chi connectivity index (χ3n) is 4.39. The van der Waals surface area contributed by atoms with Gasteiger partial charge in [-0.3, -0.25) is 4.79 Å². The summed E-state index contributed by atoms with van der Waals surface area (Å²) in [6.45, 7) is 2.34. The summed E-state index contributed by atoms with van der Waals surface area (Å²) in [6, 6.07) is 5.58.